The van der Waals surface area contributed by atoms with Crippen LogP contribution in [-0.4, -0.2) is 18.1 Å². The molecular formula is C18H26KN3. The Hall–Kier alpha value is 0.0264. The minimum Gasteiger partial charge on any atom is -0.662 e. The minimum absolute atomic E-state index is 0. The monoisotopic (exact) mass is 323 g/mol. The summed E-state index contributed by atoms with van der Waals surface area (Å²) >= 11 is 0. The van der Waals surface area contributed by atoms with E-state index < -0.39 is 0 Å². The summed E-state index contributed by atoms with van der Waals surface area (Å²) in [6.07, 6.45) is 7.23. The van der Waals surface area contributed by atoms with E-state index in [9.17, 15) is 0 Å². The molecule has 1 saturated carbocycles. The molecule has 2 aromatic rings. The molecule has 1 fully saturated rings. The van der Waals surface area contributed by atoms with Gasteiger partial charge in [-0.15, -0.1) is 6.54 Å². The second-order valence-corrected chi connectivity index (χ2v) is 5.66. The van der Waals surface area contributed by atoms with Crippen LogP contribution in [0.2, 0.25) is 0 Å². The average Bonchev–Trinajstić information content (AvgIpc) is 2.54. The Labute approximate surface area is 176 Å². The van der Waals surface area contributed by atoms with Crippen LogP contribution < -0.4 is 57.1 Å². The van der Waals surface area contributed by atoms with Gasteiger partial charge in [0.2, 0.25) is 0 Å². The molecule has 1 aromatic carbocycles. The molecule has 1 aliphatic rings. The van der Waals surface area contributed by atoms with Gasteiger partial charge in [0.1, 0.15) is 5.82 Å². The van der Waals surface area contributed by atoms with E-state index in [1.54, 1.807) is 0 Å². The van der Waals surface area contributed by atoms with E-state index in [-0.39, 0.29) is 51.4 Å². The van der Waals surface area contributed by atoms with Crippen molar-refractivity contribution >= 4 is 16.7 Å². The minimum atomic E-state index is 0. The Bertz CT molecular complexity index is 539. The number of hydrogen-bond acceptors (Lipinski definition) is 2. The zero-order chi connectivity index (χ0) is 14.9. The maximum atomic E-state index is 5.51. The molecule has 0 bridgehead atoms. The fourth-order valence-electron chi connectivity index (χ4n) is 2.76. The number of nitrogens with zero attached hydrogens (tertiary/aromatic N) is 2. The quantitative estimate of drug-likeness (QED) is 0.876. The number of rotatable bonds is 3. The third kappa shape index (κ3) is 7.07. The summed E-state index contributed by atoms with van der Waals surface area (Å²) in [5.74, 6) is 1.51. The maximum absolute atomic E-state index is 5.51. The topological polar surface area (TPSA) is 53.0 Å². The zero-order valence-electron chi connectivity index (χ0n) is 14.0. The standard InChI is InChI=1S/C9H8N2.C9H18N.K/c10-9-6-5-7-3-1-2-4-8(7)11-9;1-2-10-8-9-6-4-3-5-7-9;/h1-6H,(H2,10,11);9H,2-8H2,1H3;/q;-1;+1. The summed E-state index contributed by atoms with van der Waals surface area (Å²) in [6.45, 7) is 4.27. The molecule has 22 heavy (non-hydrogen) atoms. The first kappa shape index (κ1) is 20.1. The predicted molar refractivity (Wildman–Crippen MR) is 91.5 cm³/mol. The van der Waals surface area contributed by atoms with E-state index in [1.165, 1.54) is 32.1 Å². The molecule has 0 unspecified atom stereocenters. The van der Waals surface area contributed by atoms with Gasteiger partial charge < -0.3 is 11.1 Å². The number of nitrogens with two attached hydrogens (primary N) is 1. The molecule has 0 aliphatic heterocycles. The van der Waals surface area contributed by atoms with Gasteiger partial charge in [0.05, 0.1) is 5.52 Å². The third-order valence-electron chi connectivity index (χ3n) is 3.96. The Kier molecular flexibility index (Phi) is 10.5. The van der Waals surface area contributed by atoms with Gasteiger partial charge in [-0.05, 0) is 18.2 Å². The van der Waals surface area contributed by atoms with Crippen LogP contribution in [0.25, 0.3) is 16.2 Å². The van der Waals surface area contributed by atoms with Crippen LogP contribution in [0.5, 0.6) is 0 Å². The van der Waals surface area contributed by atoms with Crippen molar-refractivity contribution in [3.63, 3.8) is 0 Å². The molecular weight excluding hydrogens is 297 g/mol. The summed E-state index contributed by atoms with van der Waals surface area (Å²) in [7, 11) is 0. The Morgan fingerprint density at radius 1 is 1.09 bits per heavy atom. The van der Waals surface area contributed by atoms with Gasteiger partial charge in [-0.2, -0.15) is 6.54 Å². The zero-order valence-corrected chi connectivity index (χ0v) is 17.1. The van der Waals surface area contributed by atoms with Crippen molar-refractivity contribution in [1.82, 2.24) is 4.98 Å². The Morgan fingerprint density at radius 2 is 1.82 bits per heavy atom. The Balaban J connectivity index is 0.000000212. The van der Waals surface area contributed by atoms with Crippen molar-refractivity contribution in [1.29, 1.82) is 0 Å². The van der Waals surface area contributed by atoms with Crippen molar-refractivity contribution in [3.8, 4) is 0 Å². The van der Waals surface area contributed by atoms with E-state index in [2.05, 4.69) is 17.2 Å². The Morgan fingerprint density at radius 3 is 2.55 bits per heavy atom. The third-order valence-corrected chi connectivity index (χ3v) is 3.96. The molecule has 1 aromatic heterocycles. The van der Waals surface area contributed by atoms with Crippen LogP contribution in [0.15, 0.2) is 36.4 Å². The molecule has 0 spiro atoms. The van der Waals surface area contributed by atoms with Gasteiger partial charge in [-0.3, -0.25) is 0 Å². The second kappa shape index (κ2) is 11.5. The number of nitrogen functional groups attached to an aromatic ring is 1. The predicted octanol–water partition coefficient (Wildman–Crippen LogP) is 1.78. The fraction of sp³-hybridized carbons (Fsp3) is 0.500. The molecule has 2 N–H and O–H groups in total. The summed E-state index contributed by atoms with van der Waals surface area (Å²) in [5, 5.41) is 5.52. The van der Waals surface area contributed by atoms with Crippen molar-refractivity contribution in [2.24, 2.45) is 5.92 Å². The summed E-state index contributed by atoms with van der Waals surface area (Å²) < 4.78 is 0. The largest absolute Gasteiger partial charge is 1.00 e. The maximum Gasteiger partial charge on any atom is 1.00 e. The summed E-state index contributed by atoms with van der Waals surface area (Å²) in [6, 6.07) is 11.7. The molecule has 0 atom stereocenters. The van der Waals surface area contributed by atoms with Gasteiger partial charge in [-0.25, -0.2) is 4.98 Å². The van der Waals surface area contributed by atoms with Crippen LogP contribution in [0.4, 0.5) is 5.82 Å². The molecule has 0 amide bonds. The number of pyridine rings is 1. The fourth-order valence-corrected chi connectivity index (χ4v) is 2.76. The van der Waals surface area contributed by atoms with Crippen molar-refractivity contribution in [3.05, 3.63) is 41.7 Å². The molecule has 1 heterocycles. The number of anilines is 1. The van der Waals surface area contributed by atoms with Gasteiger partial charge >= 0.3 is 51.4 Å². The van der Waals surface area contributed by atoms with E-state index in [1.807, 2.05) is 36.4 Å². The normalized spacial score (nSPS) is 14.8. The molecule has 1 aliphatic carbocycles. The molecule has 0 radical (unpaired) electrons. The first-order valence-electron chi connectivity index (χ1n) is 8.04. The van der Waals surface area contributed by atoms with Crippen LogP contribution in [0.1, 0.15) is 39.0 Å². The van der Waals surface area contributed by atoms with Crippen LogP contribution in [0.3, 0.4) is 0 Å². The van der Waals surface area contributed by atoms with Crippen LogP contribution >= 0.6 is 0 Å². The van der Waals surface area contributed by atoms with Crippen LogP contribution in [0, 0.1) is 5.92 Å². The first-order chi connectivity index (χ1) is 10.3. The molecule has 114 valence electrons. The summed E-state index contributed by atoms with van der Waals surface area (Å²) in [4.78, 5) is 4.15. The number of fused-ring (bicyclic) bond motifs is 1. The molecule has 4 heteroatoms. The summed E-state index contributed by atoms with van der Waals surface area (Å²) in [5.41, 5.74) is 6.46. The first-order valence-corrected chi connectivity index (χ1v) is 8.04. The average molecular weight is 324 g/mol. The van der Waals surface area contributed by atoms with Gasteiger partial charge in [0.15, 0.2) is 0 Å². The van der Waals surface area contributed by atoms with Crippen molar-refractivity contribution in [2.45, 2.75) is 39.0 Å². The van der Waals surface area contributed by atoms with E-state index in [0.717, 1.165) is 29.9 Å². The molecule has 3 nitrogen and oxygen atoms in total. The number of hydrogen-bond donors (Lipinski definition) is 1. The van der Waals surface area contributed by atoms with E-state index in [0.29, 0.717) is 5.82 Å². The number of aromatic nitrogens is 1. The molecule has 3 rings (SSSR count). The van der Waals surface area contributed by atoms with E-state index >= 15 is 0 Å². The molecule has 0 saturated heterocycles. The second-order valence-electron chi connectivity index (χ2n) is 5.66. The van der Waals surface area contributed by atoms with Gasteiger partial charge in [0, 0.05) is 5.39 Å². The SMILES string of the molecule is CC[N-]CC1CCCCC1.Nc1ccc2ccccc2n1.[K+]. The van der Waals surface area contributed by atoms with Crippen molar-refractivity contribution in [2.75, 3.05) is 18.8 Å². The van der Waals surface area contributed by atoms with Crippen molar-refractivity contribution < 1.29 is 51.4 Å². The number of benzene rings is 1. The smallest absolute Gasteiger partial charge is 0.662 e. The van der Waals surface area contributed by atoms with Crippen LogP contribution in [-0.2, 0) is 0 Å². The van der Waals surface area contributed by atoms with Gasteiger partial charge in [-0.1, -0.05) is 63.1 Å². The van der Waals surface area contributed by atoms with E-state index in [4.69, 9.17) is 5.73 Å². The van der Waals surface area contributed by atoms with Gasteiger partial charge in [0.25, 0.3) is 0 Å². The number of para-hydroxylation sites is 1.